The number of nitrogens with zero attached hydrogens (tertiary/aromatic N) is 2. The van der Waals surface area contributed by atoms with Crippen LogP contribution in [0.1, 0.15) is 38.7 Å². The van der Waals surface area contributed by atoms with Gasteiger partial charge in [0.25, 0.3) is 0 Å². The van der Waals surface area contributed by atoms with Crippen molar-refractivity contribution >= 4 is 36.0 Å². The minimum atomic E-state index is -0.250. The number of nitrogens with one attached hydrogen (secondary N) is 2. The van der Waals surface area contributed by atoms with Gasteiger partial charge in [-0.1, -0.05) is 6.07 Å². The van der Waals surface area contributed by atoms with E-state index in [0.29, 0.717) is 25.7 Å². The van der Waals surface area contributed by atoms with E-state index in [4.69, 9.17) is 19.2 Å². The molecule has 0 radical (unpaired) electrons. The van der Waals surface area contributed by atoms with Crippen molar-refractivity contribution in [3.8, 4) is 11.5 Å². The molecule has 1 fully saturated rings. The predicted octanol–water partition coefficient (Wildman–Crippen LogP) is 3.43. The zero-order valence-electron chi connectivity index (χ0n) is 19.1. The van der Waals surface area contributed by atoms with Crippen LogP contribution in [0.3, 0.4) is 0 Å². The monoisotopic (exact) mass is 548 g/mol. The number of ether oxygens (including phenoxy) is 3. The van der Waals surface area contributed by atoms with Crippen molar-refractivity contribution < 1.29 is 19.0 Å². The van der Waals surface area contributed by atoms with Crippen molar-refractivity contribution in [1.29, 1.82) is 0 Å². The molecule has 0 atom stereocenters. The SMILES string of the molecule is CCNC(=NCCCc1ccc(OC)c(OCC)c1)NC1CCN(C(=O)OC)CC1.I. The number of benzene rings is 1. The van der Waals surface area contributed by atoms with Gasteiger partial charge in [-0.15, -0.1) is 24.0 Å². The Morgan fingerprint density at radius 2 is 1.94 bits per heavy atom. The highest BCUT2D eigenvalue weighted by Crippen LogP contribution is 2.28. The van der Waals surface area contributed by atoms with Crippen LogP contribution < -0.4 is 20.1 Å². The molecule has 31 heavy (non-hydrogen) atoms. The fourth-order valence-corrected chi connectivity index (χ4v) is 3.47. The molecule has 8 nitrogen and oxygen atoms in total. The molecule has 1 heterocycles. The average molecular weight is 548 g/mol. The Hall–Kier alpha value is -1.91. The molecule has 1 aromatic rings. The number of aryl methyl sites for hydroxylation is 1. The van der Waals surface area contributed by atoms with E-state index >= 15 is 0 Å². The molecule has 1 amide bonds. The molecule has 0 saturated carbocycles. The minimum absolute atomic E-state index is 0. The summed E-state index contributed by atoms with van der Waals surface area (Å²) in [6.07, 6.45) is 3.37. The number of guanidine groups is 1. The van der Waals surface area contributed by atoms with Gasteiger partial charge in [0.1, 0.15) is 0 Å². The van der Waals surface area contributed by atoms with E-state index < -0.39 is 0 Å². The topological polar surface area (TPSA) is 84.4 Å². The van der Waals surface area contributed by atoms with Crippen LogP contribution in [0.4, 0.5) is 4.79 Å². The molecule has 1 aromatic carbocycles. The first-order valence-electron chi connectivity index (χ1n) is 10.8. The summed E-state index contributed by atoms with van der Waals surface area (Å²) < 4.78 is 15.8. The quantitative estimate of drug-likeness (QED) is 0.213. The number of carbonyl (C=O) groups excluding carboxylic acids is 1. The first kappa shape index (κ1) is 27.1. The van der Waals surface area contributed by atoms with Gasteiger partial charge in [0.05, 0.1) is 20.8 Å². The highest BCUT2D eigenvalue weighted by molar-refractivity contribution is 14.0. The Morgan fingerprint density at radius 3 is 2.55 bits per heavy atom. The zero-order chi connectivity index (χ0) is 21.8. The lowest BCUT2D eigenvalue weighted by Crippen LogP contribution is -2.49. The smallest absolute Gasteiger partial charge is 0.409 e. The molecule has 1 aliphatic heterocycles. The van der Waals surface area contributed by atoms with Crippen molar-refractivity contribution in [2.45, 2.75) is 45.6 Å². The molecular formula is C22H37IN4O4. The minimum Gasteiger partial charge on any atom is -0.493 e. The van der Waals surface area contributed by atoms with Crippen LogP contribution >= 0.6 is 24.0 Å². The third kappa shape index (κ3) is 9.00. The summed E-state index contributed by atoms with van der Waals surface area (Å²) in [5.41, 5.74) is 1.21. The predicted molar refractivity (Wildman–Crippen MR) is 134 cm³/mol. The Kier molecular flexibility index (Phi) is 13.1. The van der Waals surface area contributed by atoms with Crippen molar-refractivity contribution in [3.05, 3.63) is 23.8 Å². The molecule has 1 aliphatic rings. The van der Waals surface area contributed by atoms with Crippen LogP contribution in [0.25, 0.3) is 0 Å². The lowest BCUT2D eigenvalue weighted by atomic mass is 10.1. The normalized spacial score (nSPS) is 14.5. The first-order chi connectivity index (χ1) is 14.6. The zero-order valence-corrected chi connectivity index (χ0v) is 21.4. The number of likely N-dealkylation sites (tertiary alicyclic amines) is 1. The fourth-order valence-electron chi connectivity index (χ4n) is 3.47. The largest absolute Gasteiger partial charge is 0.493 e. The van der Waals surface area contributed by atoms with Gasteiger partial charge in [0, 0.05) is 32.2 Å². The number of hydrogen-bond acceptors (Lipinski definition) is 5. The number of aliphatic imine (C=N–C) groups is 1. The van der Waals surface area contributed by atoms with E-state index in [1.165, 1.54) is 12.7 Å². The van der Waals surface area contributed by atoms with Gasteiger partial charge in [0.2, 0.25) is 0 Å². The molecule has 0 aliphatic carbocycles. The summed E-state index contributed by atoms with van der Waals surface area (Å²) in [7, 11) is 3.08. The Morgan fingerprint density at radius 1 is 1.19 bits per heavy atom. The van der Waals surface area contributed by atoms with E-state index in [1.54, 1.807) is 12.0 Å². The molecule has 1 saturated heterocycles. The third-order valence-electron chi connectivity index (χ3n) is 5.03. The van der Waals surface area contributed by atoms with Gasteiger partial charge < -0.3 is 29.7 Å². The lowest BCUT2D eigenvalue weighted by Gasteiger charge is -2.32. The molecule has 0 spiro atoms. The average Bonchev–Trinajstić information content (AvgIpc) is 2.77. The van der Waals surface area contributed by atoms with Gasteiger partial charge in [-0.25, -0.2) is 4.79 Å². The lowest BCUT2D eigenvalue weighted by molar-refractivity contribution is 0.111. The summed E-state index contributed by atoms with van der Waals surface area (Å²) in [5.74, 6) is 2.38. The highest BCUT2D eigenvalue weighted by Gasteiger charge is 2.23. The highest BCUT2D eigenvalue weighted by atomic mass is 127. The van der Waals surface area contributed by atoms with Gasteiger partial charge in [0.15, 0.2) is 17.5 Å². The number of piperidine rings is 1. The summed E-state index contributed by atoms with van der Waals surface area (Å²) in [6, 6.07) is 6.38. The number of carbonyl (C=O) groups is 1. The van der Waals surface area contributed by atoms with Crippen molar-refractivity contribution in [1.82, 2.24) is 15.5 Å². The van der Waals surface area contributed by atoms with E-state index in [2.05, 4.69) is 23.6 Å². The van der Waals surface area contributed by atoms with Crippen LogP contribution in [0.5, 0.6) is 11.5 Å². The molecule has 9 heteroatoms. The maximum atomic E-state index is 11.6. The standard InChI is InChI=1S/C22H36N4O4.HI/c1-5-23-21(25-18-11-14-26(15-12-18)22(27)29-4)24-13-7-8-17-9-10-19(28-3)20(16-17)30-6-2;/h9-10,16,18H,5-8,11-15H2,1-4H3,(H2,23,24,25);1H. The first-order valence-corrected chi connectivity index (χ1v) is 10.8. The fraction of sp³-hybridized carbons (Fsp3) is 0.636. The van der Waals surface area contributed by atoms with Gasteiger partial charge in [-0.2, -0.15) is 0 Å². The number of rotatable bonds is 9. The van der Waals surface area contributed by atoms with E-state index in [1.807, 2.05) is 19.1 Å². The molecule has 2 N–H and O–H groups in total. The van der Waals surface area contributed by atoms with Crippen LogP contribution in [-0.4, -0.2) is 70.0 Å². The molecule has 2 rings (SSSR count). The number of halogens is 1. The van der Waals surface area contributed by atoms with Crippen molar-refractivity contribution in [2.75, 3.05) is 47.0 Å². The third-order valence-corrected chi connectivity index (χ3v) is 5.03. The van der Waals surface area contributed by atoms with Crippen LogP contribution in [-0.2, 0) is 11.2 Å². The van der Waals surface area contributed by atoms with Gasteiger partial charge in [-0.3, -0.25) is 4.99 Å². The Balaban J connectivity index is 0.00000480. The molecule has 0 unspecified atom stereocenters. The molecule has 176 valence electrons. The van der Waals surface area contributed by atoms with Gasteiger partial charge in [-0.05, 0) is 57.2 Å². The second kappa shape index (κ2) is 15.0. The van der Waals surface area contributed by atoms with E-state index in [9.17, 15) is 4.79 Å². The number of hydrogen-bond donors (Lipinski definition) is 2. The van der Waals surface area contributed by atoms with Gasteiger partial charge >= 0.3 is 6.09 Å². The summed E-state index contributed by atoms with van der Waals surface area (Å²) in [5, 5.41) is 6.81. The summed E-state index contributed by atoms with van der Waals surface area (Å²) in [6.45, 7) is 7.57. The maximum absolute atomic E-state index is 11.6. The van der Waals surface area contributed by atoms with Crippen molar-refractivity contribution in [2.24, 2.45) is 4.99 Å². The van der Waals surface area contributed by atoms with Crippen LogP contribution in [0.15, 0.2) is 23.2 Å². The second-order valence-electron chi connectivity index (χ2n) is 7.16. The second-order valence-corrected chi connectivity index (χ2v) is 7.16. The Bertz CT molecular complexity index is 694. The molecule has 0 bridgehead atoms. The molecule has 0 aromatic heterocycles. The summed E-state index contributed by atoms with van der Waals surface area (Å²) >= 11 is 0. The van der Waals surface area contributed by atoms with Crippen LogP contribution in [0.2, 0.25) is 0 Å². The summed E-state index contributed by atoms with van der Waals surface area (Å²) in [4.78, 5) is 18.1. The molecular weight excluding hydrogens is 511 g/mol. The van der Waals surface area contributed by atoms with Crippen molar-refractivity contribution in [3.63, 3.8) is 0 Å². The maximum Gasteiger partial charge on any atom is 0.409 e. The van der Waals surface area contributed by atoms with Crippen LogP contribution in [0, 0.1) is 0 Å². The van der Waals surface area contributed by atoms with E-state index in [-0.39, 0.29) is 30.1 Å². The Labute approximate surface area is 203 Å². The number of methoxy groups -OCH3 is 2. The number of amides is 1. The van der Waals surface area contributed by atoms with E-state index in [0.717, 1.165) is 56.2 Å².